The standard InChI is InChI=1S/C21H30N4/c1-5-25(4)15-18-9-6-8-17(12-18)14-23-21(22)24-20-11-7-10-19(13-20)16(2)3/h6-13,16H,5,14-15H2,1-4H3,(H3,22,23,24). The fourth-order valence-electron chi connectivity index (χ4n) is 2.59. The highest BCUT2D eigenvalue weighted by Gasteiger charge is 2.02. The number of aliphatic imine (C=N–C) groups is 1. The van der Waals surface area contributed by atoms with Crippen LogP contribution in [0.2, 0.25) is 0 Å². The van der Waals surface area contributed by atoms with Gasteiger partial charge in [-0.05, 0) is 48.3 Å². The molecule has 2 aromatic rings. The van der Waals surface area contributed by atoms with Gasteiger partial charge >= 0.3 is 0 Å². The second-order valence-corrected chi connectivity index (χ2v) is 6.76. The summed E-state index contributed by atoms with van der Waals surface area (Å²) in [7, 11) is 2.12. The molecule has 4 heteroatoms. The lowest BCUT2D eigenvalue weighted by atomic mass is 10.0. The third kappa shape index (κ3) is 6.24. The van der Waals surface area contributed by atoms with Crippen LogP contribution in [0.4, 0.5) is 5.69 Å². The fourth-order valence-corrected chi connectivity index (χ4v) is 2.59. The molecule has 0 heterocycles. The van der Waals surface area contributed by atoms with Crippen LogP contribution in [0.3, 0.4) is 0 Å². The van der Waals surface area contributed by atoms with E-state index >= 15 is 0 Å². The second kappa shape index (κ2) is 9.23. The van der Waals surface area contributed by atoms with E-state index in [0.717, 1.165) is 18.8 Å². The van der Waals surface area contributed by atoms with Crippen molar-refractivity contribution in [3.8, 4) is 0 Å². The van der Waals surface area contributed by atoms with E-state index in [1.54, 1.807) is 0 Å². The molecule has 0 amide bonds. The molecule has 0 fully saturated rings. The zero-order valence-electron chi connectivity index (χ0n) is 15.8. The SMILES string of the molecule is CCN(C)Cc1cccc(CN=C(N)Nc2cccc(C(C)C)c2)c1. The summed E-state index contributed by atoms with van der Waals surface area (Å²) in [4.78, 5) is 6.75. The number of guanidine groups is 1. The first-order chi connectivity index (χ1) is 12.0. The Morgan fingerprint density at radius 1 is 1.12 bits per heavy atom. The summed E-state index contributed by atoms with van der Waals surface area (Å²) in [5, 5.41) is 3.18. The van der Waals surface area contributed by atoms with Crippen LogP contribution < -0.4 is 11.1 Å². The zero-order valence-corrected chi connectivity index (χ0v) is 15.8. The summed E-state index contributed by atoms with van der Waals surface area (Å²) >= 11 is 0. The van der Waals surface area contributed by atoms with Crippen molar-refractivity contribution in [2.75, 3.05) is 18.9 Å². The van der Waals surface area contributed by atoms with E-state index in [-0.39, 0.29) is 0 Å². The van der Waals surface area contributed by atoms with Gasteiger partial charge in [-0.2, -0.15) is 0 Å². The van der Waals surface area contributed by atoms with Crippen LogP contribution in [0.15, 0.2) is 53.5 Å². The number of nitrogens with one attached hydrogen (secondary N) is 1. The molecule has 2 rings (SSSR count). The molecule has 0 saturated heterocycles. The molecular formula is C21H30N4. The Bertz CT molecular complexity index is 707. The maximum absolute atomic E-state index is 6.05. The first-order valence-electron chi connectivity index (χ1n) is 8.91. The lowest BCUT2D eigenvalue weighted by Gasteiger charge is -2.14. The molecule has 0 saturated carbocycles. The molecule has 0 atom stereocenters. The minimum absolute atomic E-state index is 0.442. The Hall–Kier alpha value is -2.33. The summed E-state index contributed by atoms with van der Waals surface area (Å²) in [6.45, 7) is 9.08. The quantitative estimate of drug-likeness (QED) is 0.588. The molecule has 0 aliphatic rings. The van der Waals surface area contributed by atoms with E-state index in [1.807, 2.05) is 12.1 Å². The van der Waals surface area contributed by atoms with Gasteiger partial charge in [0.05, 0.1) is 6.54 Å². The van der Waals surface area contributed by atoms with Crippen molar-refractivity contribution in [2.24, 2.45) is 10.7 Å². The Morgan fingerprint density at radius 3 is 2.56 bits per heavy atom. The Morgan fingerprint density at radius 2 is 1.84 bits per heavy atom. The molecule has 2 aromatic carbocycles. The number of nitrogens with zero attached hydrogens (tertiary/aromatic N) is 2. The highest BCUT2D eigenvalue weighted by molar-refractivity contribution is 5.92. The van der Waals surface area contributed by atoms with Crippen LogP contribution in [-0.4, -0.2) is 24.5 Å². The maximum Gasteiger partial charge on any atom is 0.193 e. The number of nitrogens with two attached hydrogens (primary N) is 1. The lowest BCUT2D eigenvalue weighted by Crippen LogP contribution is -2.22. The van der Waals surface area contributed by atoms with Gasteiger partial charge in [0.2, 0.25) is 0 Å². The molecule has 3 N–H and O–H groups in total. The Balaban J connectivity index is 1.99. The topological polar surface area (TPSA) is 53.6 Å². The van der Waals surface area contributed by atoms with Gasteiger partial charge in [-0.1, -0.05) is 57.2 Å². The van der Waals surface area contributed by atoms with Crippen LogP contribution in [0.5, 0.6) is 0 Å². The fraction of sp³-hybridized carbons (Fsp3) is 0.381. The minimum Gasteiger partial charge on any atom is -0.370 e. The third-order valence-corrected chi connectivity index (χ3v) is 4.24. The van der Waals surface area contributed by atoms with Gasteiger partial charge in [-0.3, -0.25) is 0 Å². The largest absolute Gasteiger partial charge is 0.370 e. The monoisotopic (exact) mass is 338 g/mol. The van der Waals surface area contributed by atoms with E-state index in [1.165, 1.54) is 16.7 Å². The Kier molecular flexibility index (Phi) is 7.02. The average molecular weight is 338 g/mol. The van der Waals surface area contributed by atoms with Crippen molar-refractivity contribution < 1.29 is 0 Å². The molecule has 25 heavy (non-hydrogen) atoms. The van der Waals surface area contributed by atoms with Crippen molar-refractivity contribution >= 4 is 11.6 Å². The summed E-state index contributed by atoms with van der Waals surface area (Å²) in [5.74, 6) is 0.931. The number of hydrogen-bond donors (Lipinski definition) is 2. The van der Waals surface area contributed by atoms with E-state index in [0.29, 0.717) is 18.4 Å². The summed E-state index contributed by atoms with van der Waals surface area (Å²) in [5.41, 5.74) is 10.8. The van der Waals surface area contributed by atoms with Crippen LogP contribution >= 0.6 is 0 Å². The average Bonchev–Trinajstić information content (AvgIpc) is 2.60. The molecule has 4 nitrogen and oxygen atoms in total. The van der Waals surface area contributed by atoms with Crippen molar-refractivity contribution in [1.82, 2.24) is 4.90 Å². The lowest BCUT2D eigenvalue weighted by molar-refractivity contribution is 0.345. The number of benzene rings is 2. The van der Waals surface area contributed by atoms with Gasteiger partial charge in [0, 0.05) is 12.2 Å². The van der Waals surface area contributed by atoms with Gasteiger partial charge < -0.3 is 16.0 Å². The van der Waals surface area contributed by atoms with Gasteiger partial charge in [0.15, 0.2) is 5.96 Å². The number of anilines is 1. The van der Waals surface area contributed by atoms with E-state index in [9.17, 15) is 0 Å². The van der Waals surface area contributed by atoms with Gasteiger partial charge in [0.25, 0.3) is 0 Å². The second-order valence-electron chi connectivity index (χ2n) is 6.76. The first-order valence-corrected chi connectivity index (χ1v) is 8.91. The van der Waals surface area contributed by atoms with E-state index in [2.05, 4.69) is 79.4 Å². The normalized spacial score (nSPS) is 12.0. The third-order valence-electron chi connectivity index (χ3n) is 4.24. The molecule has 0 aliphatic heterocycles. The molecule has 0 bridgehead atoms. The zero-order chi connectivity index (χ0) is 18.2. The van der Waals surface area contributed by atoms with Crippen molar-refractivity contribution in [1.29, 1.82) is 0 Å². The molecule has 0 aromatic heterocycles. The smallest absolute Gasteiger partial charge is 0.193 e. The van der Waals surface area contributed by atoms with Crippen LogP contribution in [0.25, 0.3) is 0 Å². The molecular weight excluding hydrogens is 308 g/mol. The summed E-state index contributed by atoms with van der Waals surface area (Å²) in [6.07, 6.45) is 0. The number of rotatable bonds is 7. The maximum atomic E-state index is 6.05. The van der Waals surface area contributed by atoms with Gasteiger partial charge in [0.1, 0.15) is 0 Å². The first kappa shape index (κ1) is 19.0. The van der Waals surface area contributed by atoms with Crippen molar-refractivity contribution in [3.05, 3.63) is 65.2 Å². The molecule has 0 spiro atoms. The molecule has 0 aliphatic carbocycles. The summed E-state index contributed by atoms with van der Waals surface area (Å²) < 4.78 is 0. The predicted octanol–water partition coefficient (Wildman–Crippen LogP) is 4.19. The number of hydrogen-bond acceptors (Lipinski definition) is 2. The van der Waals surface area contributed by atoms with Crippen LogP contribution in [0.1, 0.15) is 43.4 Å². The highest BCUT2D eigenvalue weighted by atomic mass is 15.1. The Labute approximate surface area is 151 Å². The molecule has 0 radical (unpaired) electrons. The minimum atomic E-state index is 0.442. The van der Waals surface area contributed by atoms with Crippen LogP contribution in [0, 0.1) is 0 Å². The van der Waals surface area contributed by atoms with Crippen molar-refractivity contribution in [3.63, 3.8) is 0 Å². The van der Waals surface area contributed by atoms with Crippen molar-refractivity contribution in [2.45, 2.75) is 39.8 Å². The molecule has 134 valence electrons. The van der Waals surface area contributed by atoms with Gasteiger partial charge in [-0.25, -0.2) is 4.99 Å². The van der Waals surface area contributed by atoms with E-state index in [4.69, 9.17) is 5.73 Å². The van der Waals surface area contributed by atoms with E-state index < -0.39 is 0 Å². The van der Waals surface area contributed by atoms with Gasteiger partial charge in [-0.15, -0.1) is 0 Å². The predicted molar refractivity (Wildman–Crippen MR) is 108 cm³/mol. The molecule has 0 unspecified atom stereocenters. The summed E-state index contributed by atoms with van der Waals surface area (Å²) in [6, 6.07) is 16.8. The van der Waals surface area contributed by atoms with Crippen LogP contribution in [-0.2, 0) is 13.1 Å². The highest BCUT2D eigenvalue weighted by Crippen LogP contribution is 2.18.